The highest BCUT2D eigenvalue weighted by atomic mass is 32.2. The Hall–Kier alpha value is -2.20. The molecule has 1 heterocycles. The van der Waals surface area contributed by atoms with E-state index in [4.69, 9.17) is 4.74 Å². The van der Waals surface area contributed by atoms with Crippen molar-refractivity contribution in [2.45, 2.75) is 25.3 Å². The van der Waals surface area contributed by atoms with Crippen molar-refractivity contribution >= 4 is 28.6 Å². The van der Waals surface area contributed by atoms with Gasteiger partial charge in [-0.3, -0.25) is 0 Å². The Bertz CT molecular complexity index is 868. The smallest absolute Gasteiger partial charge is 0.338 e. The van der Waals surface area contributed by atoms with E-state index in [-0.39, 0.29) is 5.97 Å². The Morgan fingerprint density at radius 3 is 2.58 bits per heavy atom. The maximum atomic E-state index is 12.0. The summed E-state index contributed by atoms with van der Waals surface area (Å²) in [6.45, 7) is 5.17. The molecule has 0 aliphatic carbocycles. The van der Waals surface area contributed by atoms with Gasteiger partial charge in [0.15, 0.2) is 0 Å². The third-order valence-electron chi connectivity index (χ3n) is 4.16. The summed E-state index contributed by atoms with van der Waals surface area (Å²) < 4.78 is 7.44. The van der Waals surface area contributed by atoms with Crippen molar-refractivity contribution in [1.82, 2.24) is 4.57 Å². The molecule has 1 aromatic heterocycles. The zero-order valence-electron chi connectivity index (χ0n) is 14.2. The van der Waals surface area contributed by atoms with E-state index >= 15 is 0 Å². The number of carbonyl (C=O) groups excluding carboxylic acids is 1. The van der Waals surface area contributed by atoms with Crippen LogP contribution in [0.25, 0.3) is 10.9 Å². The van der Waals surface area contributed by atoms with Gasteiger partial charge in [0, 0.05) is 28.0 Å². The highest BCUT2D eigenvalue weighted by Gasteiger charge is 2.16. The number of esters is 1. The number of aromatic nitrogens is 1. The summed E-state index contributed by atoms with van der Waals surface area (Å²) in [5.74, 6) is -0.264. The molecule has 0 unspecified atom stereocenters. The first-order chi connectivity index (χ1) is 11.7. The number of benzene rings is 2. The van der Waals surface area contributed by atoms with Crippen LogP contribution >= 0.6 is 11.8 Å². The van der Waals surface area contributed by atoms with Gasteiger partial charge < -0.3 is 9.30 Å². The first kappa shape index (κ1) is 16.7. The quantitative estimate of drug-likeness (QED) is 0.489. The molecule has 0 aliphatic rings. The third kappa shape index (κ3) is 3.06. The third-order valence-corrected chi connectivity index (χ3v) is 5.09. The number of nitrogens with zero attached hydrogens (tertiary/aromatic N) is 1. The summed E-state index contributed by atoms with van der Waals surface area (Å²) in [6.07, 6.45) is 2.08. The van der Waals surface area contributed by atoms with Crippen LogP contribution in [0.3, 0.4) is 0 Å². The summed E-state index contributed by atoms with van der Waals surface area (Å²) in [4.78, 5) is 13.2. The van der Waals surface area contributed by atoms with Gasteiger partial charge in [-0.05, 0) is 43.9 Å². The molecule has 0 bridgehead atoms. The van der Waals surface area contributed by atoms with Crippen LogP contribution in [0.1, 0.15) is 28.5 Å². The van der Waals surface area contributed by atoms with Crippen molar-refractivity contribution in [3.05, 3.63) is 65.4 Å². The number of rotatable bonds is 5. The van der Waals surface area contributed by atoms with Gasteiger partial charge in [-0.2, -0.15) is 0 Å². The van der Waals surface area contributed by atoms with Gasteiger partial charge >= 0.3 is 5.97 Å². The van der Waals surface area contributed by atoms with E-state index in [1.165, 1.54) is 16.2 Å². The molecule has 0 aliphatic heterocycles. The van der Waals surface area contributed by atoms with Crippen LogP contribution in [0.4, 0.5) is 0 Å². The van der Waals surface area contributed by atoms with Crippen molar-refractivity contribution in [3.63, 3.8) is 0 Å². The van der Waals surface area contributed by atoms with Gasteiger partial charge in [-0.25, -0.2) is 4.79 Å². The second kappa shape index (κ2) is 7.14. The summed E-state index contributed by atoms with van der Waals surface area (Å²) in [5.41, 5.74) is 4.24. The molecule has 0 radical (unpaired) electrons. The Kier molecular flexibility index (Phi) is 4.95. The fraction of sp³-hybridized carbons (Fsp3) is 0.250. The molecule has 0 amide bonds. The Morgan fingerprint density at radius 1 is 1.17 bits per heavy atom. The monoisotopic (exact) mass is 339 g/mol. The minimum Gasteiger partial charge on any atom is -0.462 e. The van der Waals surface area contributed by atoms with E-state index in [0.29, 0.717) is 12.2 Å². The second-order valence-corrected chi connectivity index (χ2v) is 6.46. The van der Waals surface area contributed by atoms with E-state index in [1.807, 2.05) is 31.2 Å². The maximum Gasteiger partial charge on any atom is 0.338 e. The average molecular weight is 339 g/mol. The molecule has 0 saturated carbocycles. The van der Waals surface area contributed by atoms with E-state index in [1.54, 1.807) is 11.8 Å². The Morgan fingerprint density at radius 2 is 1.92 bits per heavy atom. The predicted molar refractivity (Wildman–Crippen MR) is 100.0 cm³/mol. The SMILES string of the molecule is CCOC(=O)c1ccc2c(c1)c(SC)c(C)n2Cc1ccccc1. The van der Waals surface area contributed by atoms with Gasteiger partial charge in [-0.1, -0.05) is 30.3 Å². The molecule has 3 rings (SSSR count). The topological polar surface area (TPSA) is 31.2 Å². The summed E-state index contributed by atoms with van der Waals surface area (Å²) in [6, 6.07) is 16.3. The number of hydrogen-bond acceptors (Lipinski definition) is 3. The van der Waals surface area contributed by atoms with Gasteiger partial charge in [0.25, 0.3) is 0 Å². The first-order valence-electron chi connectivity index (χ1n) is 8.03. The lowest BCUT2D eigenvalue weighted by molar-refractivity contribution is 0.0526. The van der Waals surface area contributed by atoms with Gasteiger partial charge in [-0.15, -0.1) is 11.8 Å². The molecule has 24 heavy (non-hydrogen) atoms. The van der Waals surface area contributed by atoms with Crippen molar-refractivity contribution in [1.29, 1.82) is 0 Å². The molecule has 3 nitrogen and oxygen atoms in total. The largest absolute Gasteiger partial charge is 0.462 e. The van der Waals surface area contributed by atoms with Crippen LogP contribution in [-0.4, -0.2) is 23.4 Å². The van der Waals surface area contributed by atoms with E-state index in [9.17, 15) is 4.79 Å². The lowest BCUT2D eigenvalue weighted by Crippen LogP contribution is -2.04. The van der Waals surface area contributed by atoms with Crippen molar-refractivity contribution in [2.24, 2.45) is 0 Å². The van der Waals surface area contributed by atoms with Crippen molar-refractivity contribution < 1.29 is 9.53 Å². The summed E-state index contributed by atoms with van der Waals surface area (Å²) in [5, 5.41) is 1.11. The standard InChI is InChI=1S/C20H21NO2S/c1-4-23-20(22)16-10-11-18-17(12-16)19(24-3)14(2)21(18)13-15-8-6-5-7-9-15/h5-12H,4,13H2,1-3H3. The zero-order valence-corrected chi connectivity index (χ0v) is 15.0. The van der Waals surface area contributed by atoms with Crippen LogP contribution in [0.15, 0.2) is 53.4 Å². The lowest BCUT2D eigenvalue weighted by Gasteiger charge is -2.09. The molecule has 0 N–H and O–H groups in total. The summed E-state index contributed by atoms with van der Waals surface area (Å²) in [7, 11) is 0. The Balaban J connectivity index is 2.10. The van der Waals surface area contributed by atoms with Crippen LogP contribution in [-0.2, 0) is 11.3 Å². The summed E-state index contributed by atoms with van der Waals surface area (Å²) >= 11 is 1.72. The van der Waals surface area contributed by atoms with E-state index in [2.05, 4.69) is 42.0 Å². The normalized spacial score (nSPS) is 11.0. The van der Waals surface area contributed by atoms with Gasteiger partial charge in [0.2, 0.25) is 0 Å². The predicted octanol–water partition coefficient (Wildman–Crippen LogP) is 4.90. The molecule has 3 aromatic rings. The molecular weight excluding hydrogens is 318 g/mol. The molecular formula is C20H21NO2S. The number of carbonyl (C=O) groups is 1. The highest BCUT2D eigenvalue weighted by Crippen LogP contribution is 2.34. The van der Waals surface area contributed by atoms with Crippen LogP contribution in [0, 0.1) is 6.92 Å². The van der Waals surface area contributed by atoms with Crippen LogP contribution in [0.2, 0.25) is 0 Å². The van der Waals surface area contributed by atoms with Crippen molar-refractivity contribution in [2.75, 3.05) is 12.9 Å². The molecule has 124 valence electrons. The van der Waals surface area contributed by atoms with E-state index in [0.717, 1.165) is 17.4 Å². The second-order valence-electron chi connectivity index (χ2n) is 5.64. The molecule has 0 atom stereocenters. The van der Waals surface area contributed by atoms with E-state index < -0.39 is 0 Å². The van der Waals surface area contributed by atoms with Crippen LogP contribution < -0.4 is 0 Å². The van der Waals surface area contributed by atoms with Gasteiger partial charge in [0.05, 0.1) is 12.2 Å². The maximum absolute atomic E-state index is 12.0. The zero-order chi connectivity index (χ0) is 17.1. The molecule has 0 spiro atoms. The van der Waals surface area contributed by atoms with Gasteiger partial charge in [0.1, 0.15) is 0 Å². The molecule has 4 heteroatoms. The first-order valence-corrected chi connectivity index (χ1v) is 9.26. The van der Waals surface area contributed by atoms with Crippen molar-refractivity contribution in [3.8, 4) is 0 Å². The minimum absolute atomic E-state index is 0.264. The molecule has 2 aromatic carbocycles. The fourth-order valence-corrected chi connectivity index (χ4v) is 3.81. The highest BCUT2D eigenvalue weighted by molar-refractivity contribution is 7.98. The molecule has 0 fully saturated rings. The number of hydrogen-bond donors (Lipinski definition) is 0. The lowest BCUT2D eigenvalue weighted by atomic mass is 10.1. The number of thioether (sulfide) groups is 1. The Labute approximate surface area is 146 Å². The number of ether oxygens (including phenoxy) is 1. The fourth-order valence-electron chi connectivity index (χ4n) is 3.02. The molecule has 0 saturated heterocycles. The minimum atomic E-state index is -0.264. The average Bonchev–Trinajstić information content (AvgIpc) is 2.87. The number of fused-ring (bicyclic) bond motifs is 1. The van der Waals surface area contributed by atoms with Crippen LogP contribution in [0.5, 0.6) is 0 Å².